The summed E-state index contributed by atoms with van der Waals surface area (Å²) in [4.78, 5) is 146. The molecule has 0 spiro atoms. The van der Waals surface area contributed by atoms with Crippen molar-refractivity contribution in [1.29, 1.82) is 0 Å². The molecule has 0 unspecified atom stereocenters. The van der Waals surface area contributed by atoms with Crippen LogP contribution in [0.4, 0.5) is 24.5 Å². The molecule has 40 nitrogen and oxygen atoms in total. The molecule has 0 radical (unpaired) electrons. The molecular weight excluding hydrogens is 1810 g/mol. The van der Waals surface area contributed by atoms with Crippen LogP contribution in [0, 0.1) is 27.7 Å². The van der Waals surface area contributed by atoms with E-state index >= 15 is 0 Å². The van der Waals surface area contributed by atoms with Crippen molar-refractivity contribution in [2.75, 3.05) is 86.1 Å². The number of anilines is 2. The maximum atomic E-state index is 13.8. The summed E-state index contributed by atoms with van der Waals surface area (Å²) in [5.74, 6) is -2.92. The fourth-order valence-corrected chi connectivity index (χ4v) is 13.4. The molecule has 0 amide bonds. The van der Waals surface area contributed by atoms with Crippen LogP contribution in [0.3, 0.4) is 0 Å². The molecular formula is C92H93F3N14O26S. The Morgan fingerprint density at radius 2 is 0.721 bits per heavy atom. The van der Waals surface area contributed by atoms with E-state index in [0.29, 0.717) is 79.0 Å². The maximum Gasteiger partial charge on any atom is 0.534 e. The summed E-state index contributed by atoms with van der Waals surface area (Å²) < 4.78 is 128. The van der Waals surface area contributed by atoms with Crippen molar-refractivity contribution in [3.63, 3.8) is 0 Å². The molecule has 14 aromatic rings. The number of methoxy groups -OCH3 is 4. The van der Waals surface area contributed by atoms with E-state index in [9.17, 15) is 60.3 Å². The number of aryl methyl sites for hydroxylation is 4. The summed E-state index contributed by atoms with van der Waals surface area (Å²) in [6, 6.07) is 49.0. The molecule has 8 aromatic heterocycles. The lowest BCUT2D eigenvalue weighted by Gasteiger charge is -2.19. The number of fused-ring (bicyclic) bond motifs is 4. The Bertz CT molecular complexity index is 6910. The van der Waals surface area contributed by atoms with E-state index in [1.807, 2.05) is 116 Å². The van der Waals surface area contributed by atoms with Gasteiger partial charge in [0, 0.05) is 47.6 Å². The Morgan fingerprint density at radius 3 is 1.12 bits per heavy atom. The molecule has 6 aromatic carbocycles. The van der Waals surface area contributed by atoms with Gasteiger partial charge in [0.15, 0.2) is 95.2 Å². The average Bonchev–Trinajstić information content (AvgIpc) is 0.746. The van der Waals surface area contributed by atoms with Crippen LogP contribution in [0.15, 0.2) is 208 Å². The predicted molar refractivity (Wildman–Crippen MR) is 484 cm³/mol. The molecule has 0 aliphatic rings. The van der Waals surface area contributed by atoms with Gasteiger partial charge in [-0.2, -0.15) is 21.6 Å². The number of nitrogens with zero attached hydrogens (tertiary/aromatic N) is 12. The van der Waals surface area contributed by atoms with Crippen LogP contribution in [-0.2, 0) is 82.8 Å². The fraction of sp³-hybridized carbons (Fsp3) is 0.272. The van der Waals surface area contributed by atoms with Gasteiger partial charge in [-0.25, -0.2) is 54.3 Å². The molecule has 3 N–H and O–H groups in total. The smallest absolute Gasteiger partial charge is 0.506 e. The second kappa shape index (κ2) is 47.9. The van der Waals surface area contributed by atoms with Crippen LogP contribution in [0.5, 0.6) is 34.5 Å². The summed E-state index contributed by atoms with van der Waals surface area (Å²) in [6.07, 6.45) is 4.99. The molecule has 8 heterocycles. The van der Waals surface area contributed by atoms with E-state index in [4.69, 9.17) is 71.5 Å². The third-order valence-electron chi connectivity index (χ3n) is 19.2. The highest BCUT2D eigenvalue weighted by Gasteiger charge is 2.50. The van der Waals surface area contributed by atoms with Crippen LogP contribution >= 0.6 is 0 Å². The Hall–Kier alpha value is -15.9. The number of carbonyl (C=O) groups excluding carboxylic acids is 3. The van der Waals surface area contributed by atoms with E-state index in [1.54, 1.807) is 90.4 Å². The number of alkyl halides is 3. The van der Waals surface area contributed by atoms with Crippen LogP contribution in [0.1, 0.15) is 108 Å². The normalized spacial score (nSPS) is 11.1. The molecule has 0 fully saturated rings. The minimum absolute atomic E-state index is 0.00953. The van der Waals surface area contributed by atoms with E-state index in [1.165, 1.54) is 57.8 Å². The minimum atomic E-state index is -6.27. The van der Waals surface area contributed by atoms with Crippen molar-refractivity contribution >= 4 is 83.5 Å². The monoisotopic (exact) mass is 1900 g/mol. The Balaban J connectivity index is 0.000000176. The number of halogens is 3. The lowest BCUT2D eigenvalue weighted by Crippen LogP contribution is -2.35. The molecule has 0 atom stereocenters. The lowest BCUT2D eigenvalue weighted by atomic mass is 10.1. The van der Waals surface area contributed by atoms with E-state index in [0.717, 1.165) is 43.6 Å². The number of pyridine rings is 4. The number of benzene rings is 6. The highest BCUT2D eigenvalue weighted by atomic mass is 32.2. The minimum Gasteiger partial charge on any atom is -0.506 e. The SMILES string of the molecule is CCOC(=O)c1c(NCc2ccc(OCOC)c(OCOC)c2)c2c(C)ncnc2n(OCc2ccccc2)c1=O.CCOC(=O)c1c(O)c2c(C)ncnc2n(OCc2ccccc2)c1=O.CCOC(=O)c1c(OS(=O)(=O)C(F)(F)F)c2c(C)ncnc2n(OCc2ccccc2)c1=O.COCOc1ccc(CNc2cc(=O)n(OCc3ccccc3)c3ncnc(C)c23)cc1OCOC. The van der Waals surface area contributed by atoms with Gasteiger partial charge in [0.1, 0.15) is 57.5 Å². The lowest BCUT2D eigenvalue weighted by molar-refractivity contribution is -0.0500. The second-order valence-corrected chi connectivity index (χ2v) is 30.0. The van der Waals surface area contributed by atoms with Crippen LogP contribution in [0.2, 0.25) is 0 Å². The zero-order chi connectivity index (χ0) is 97.6. The quantitative estimate of drug-likeness (QED) is 0.0106. The predicted octanol–water partition coefficient (Wildman–Crippen LogP) is 10.5. The molecule has 714 valence electrons. The highest BCUT2D eigenvalue weighted by molar-refractivity contribution is 7.88. The molecule has 0 aliphatic carbocycles. The average molecular weight is 1900 g/mol. The molecule has 0 saturated heterocycles. The van der Waals surface area contributed by atoms with E-state index < -0.39 is 83.9 Å². The second-order valence-electron chi connectivity index (χ2n) is 28.5. The zero-order valence-corrected chi connectivity index (χ0v) is 76.0. The summed E-state index contributed by atoms with van der Waals surface area (Å²) in [7, 11) is -0.144. The molecule has 14 rings (SSSR count). The Morgan fingerprint density at radius 1 is 0.390 bits per heavy atom. The van der Waals surface area contributed by atoms with Gasteiger partial charge in [-0.1, -0.05) is 133 Å². The standard InChI is InChI=1S/C29H32N4O8.C26H28N4O6.C19H16F3N3O7S.C18H17N3O5/c1-5-38-29(35)25-26(30-14-21-11-12-22(39-17-36-3)23(13-21)40-18-37-4)24-19(2)31-16-32-27(24)33(28(25)34)41-15-20-9-7-6-8-10-20;1-18-25-21(27-13-20-9-10-22(34-16-32-2)23(11-20)35-17-33-3)12-24(31)30(26(25)29-15-28-18)36-14-19-7-5-4-6-8-19;1-3-30-18(27)14-15(32-33(28,29)19(20,21)22)13-11(2)23-10-24-16(13)25(17(14)26)31-9-12-7-5-4-6-8-12;1-3-25-18(24)14-15(22)13-11(2)19-10-20-16(13)21(17(14)23)26-9-12-7-5-4-6-8-12/h6-13,16,30H,5,14-15,17-18H2,1-4H3;4-12,15,27H,13-14,16-17H2,1-3H3;4-8,10H,3,9H2,1-2H3;4-8,10,22H,3,9H2,1-2H3. The Labute approximate surface area is 772 Å². The first-order valence-corrected chi connectivity index (χ1v) is 42.7. The number of esters is 3. The van der Waals surface area contributed by atoms with Crippen molar-refractivity contribution < 1.29 is 117 Å². The number of hydrogen-bond donors (Lipinski definition) is 3. The summed E-state index contributed by atoms with van der Waals surface area (Å²) in [5, 5.41) is 17.9. The maximum absolute atomic E-state index is 13.8. The van der Waals surface area contributed by atoms with Gasteiger partial charge in [0.2, 0.25) is 0 Å². The van der Waals surface area contributed by atoms with Gasteiger partial charge < -0.3 is 91.4 Å². The van der Waals surface area contributed by atoms with Gasteiger partial charge >= 0.3 is 50.2 Å². The van der Waals surface area contributed by atoms with Gasteiger partial charge in [0.25, 0.3) is 5.56 Å². The first kappa shape index (κ1) is 101. The van der Waals surface area contributed by atoms with E-state index in [2.05, 4.69) is 54.7 Å². The molecule has 44 heteroatoms. The van der Waals surface area contributed by atoms with Crippen molar-refractivity contribution in [3.8, 4) is 34.5 Å². The molecule has 136 heavy (non-hydrogen) atoms. The first-order chi connectivity index (χ1) is 65.6. The summed E-state index contributed by atoms with van der Waals surface area (Å²) in [6.45, 7) is 12.1. The number of aromatic hydroxyl groups is 1. The zero-order valence-electron chi connectivity index (χ0n) is 75.2. The third-order valence-corrected chi connectivity index (χ3v) is 20.2. The van der Waals surface area contributed by atoms with Gasteiger partial charge in [-0.3, -0.25) is 19.2 Å². The molecule has 0 saturated carbocycles. The largest absolute Gasteiger partial charge is 0.534 e. The number of hydrogen-bond acceptors (Lipinski definition) is 36. The number of nitrogens with one attached hydrogen (secondary N) is 2. The van der Waals surface area contributed by atoms with Crippen molar-refractivity contribution in [2.24, 2.45) is 0 Å². The van der Waals surface area contributed by atoms with Gasteiger partial charge in [-0.05, 0) is 106 Å². The van der Waals surface area contributed by atoms with Gasteiger partial charge in [-0.15, -0.1) is 18.9 Å². The number of aromatic nitrogens is 12. The molecule has 0 bridgehead atoms. The van der Waals surface area contributed by atoms with Crippen molar-refractivity contribution in [1.82, 2.24) is 58.8 Å². The van der Waals surface area contributed by atoms with Crippen LogP contribution < -0.4 is 75.4 Å². The first-order valence-electron chi connectivity index (χ1n) is 41.3. The number of carbonyl (C=O) groups is 3. The summed E-state index contributed by atoms with van der Waals surface area (Å²) >= 11 is 0. The van der Waals surface area contributed by atoms with Crippen molar-refractivity contribution in [2.45, 2.75) is 93.5 Å². The number of ether oxygens (including phenoxy) is 11. The van der Waals surface area contributed by atoms with Gasteiger partial charge in [0.05, 0.1) is 75.5 Å². The molecule has 0 aliphatic heterocycles. The third kappa shape index (κ3) is 24.9. The highest BCUT2D eigenvalue weighted by Crippen LogP contribution is 2.37. The van der Waals surface area contributed by atoms with Crippen LogP contribution in [0.25, 0.3) is 44.1 Å². The Kier molecular flexibility index (Phi) is 35.5. The van der Waals surface area contributed by atoms with E-state index in [-0.39, 0.29) is 119 Å². The topological polar surface area (TPSA) is 468 Å². The number of rotatable bonds is 38. The van der Waals surface area contributed by atoms with Crippen molar-refractivity contribution in [3.05, 3.63) is 303 Å². The fourth-order valence-electron chi connectivity index (χ4n) is 13.0. The summed E-state index contributed by atoms with van der Waals surface area (Å²) in [5.41, 5.74) is -3.38. The van der Waals surface area contributed by atoms with Crippen LogP contribution in [-0.4, -0.2) is 171 Å².